The summed E-state index contributed by atoms with van der Waals surface area (Å²) in [6.45, 7) is 0. The number of rotatable bonds is 10. The third-order valence-corrected chi connectivity index (χ3v) is 6.67. The lowest BCUT2D eigenvalue weighted by Gasteiger charge is -2.33. The number of amides is 1. The number of carbonyl (C=O) groups excluding carboxylic acids is 1. The van der Waals surface area contributed by atoms with Crippen LogP contribution in [0.15, 0.2) is 134 Å². The second-order valence-corrected chi connectivity index (χ2v) is 9.44. The molecule has 0 saturated heterocycles. The predicted octanol–water partition coefficient (Wildman–Crippen LogP) is 6.94. The topological polar surface area (TPSA) is 87.1 Å². The van der Waals surface area contributed by atoms with Crippen LogP contribution in [0.1, 0.15) is 40.4 Å². The summed E-state index contributed by atoms with van der Waals surface area (Å²) in [5.41, 5.74) is 3.26. The highest BCUT2D eigenvalue weighted by Crippen LogP contribution is 2.43. The molecule has 5 rings (SSSR count). The zero-order valence-corrected chi connectivity index (χ0v) is 22.1. The molecule has 0 aliphatic rings. The van der Waals surface area contributed by atoms with Crippen LogP contribution in [0.2, 0.25) is 0 Å². The van der Waals surface area contributed by atoms with Gasteiger partial charge in [-0.25, -0.2) is 9.37 Å². The molecule has 0 spiro atoms. The summed E-state index contributed by atoms with van der Waals surface area (Å²) in [5.74, 6) is -0.720. The smallest absolute Gasteiger partial charge is 0.248 e. The van der Waals surface area contributed by atoms with Crippen LogP contribution in [-0.4, -0.2) is 21.0 Å². The fourth-order valence-electron chi connectivity index (χ4n) is 4.75. The fraction of sp³-hybridized carbons (Fsp3) is 0.0882. The molecule has 6 nitrogen and oxygen atoms in total. The van der Waals surface area contributed by atoms with Gasteiger partial charge in [0.05, 0.1) is 18.1 Å². The number of halogens is 1. The average Bonchev–Trinajstić information content (AvgIpc) is 3.01. The summed E-state index contributed by atoms with van der Waals surface area (Å²) >= 11 is 0. The van der Waals surface area contributed by atoms with Crippen LogP contribution in [0.25, 0.3) is 6.08 Å². The molecule has 0 fully saturated rings. The first kappa shape index (κ1) is 27.4. The van der Waals surface area contributed by atoms with Crippen molar-refractivity contribution >= 4 is 23.5 Å². The SMILES string of the molecule is O=C(/C=C/c1cccc(F)c1)Nc1ccccc1[C@@H](Nc1ccccn1)[C@H](c1ccccn1)[C@H](O)c1ccccc1. The molecule has 3 N–H and O–H groups in total. The third kappa shape index (κ3) is 7.09. The molecule has 2 aromatic heterocycles. The number of carbonyl (C=O) groups is 1. The molecule has 7 heteroatoms. The van der Waals surface area contributed by atoms with E-state index in [0.29, 0.717) is 22.8 Å². The molecule has 5 aromatic rings. The number of aliphatic hydroxyl groups is 1. The summed E-state index contributed by atoms with van der Waals surface area (Å²) in [6.07, 6.45) is 5.36. The van der Waals surface area contributed by atoms with E-state index in [4.69, 9.17) is 0 Å². The van der Waals surface area contributed by atoms with Crippen molar-refractivity contribution in [2.75, 3.05) is 10.6 Å². The van der Waals surface area contributed by atoms with Gasteiger partial charge < -0.3 is 15.7 Å². The van der Waals surface area contributed by atoms with E-state index in [0.717, 1.165) is 11.1 Å². The van der Waals surface area contributed by atoms with Gasteiger partial charge in [0.2, 0.25) is 5.91 Å². The first-order valence-electron chi connectivity index (χ1n) is 13.2. The van der Waals surface area contributed by atoms with Crippen LogP contribution in [0, 0.1) is 5.82 Å². The number of nitrogens with one attached hydrogen (secondary N) is 2. The normalized spacial score (nSPS) is 13.3. The van der Waals surface area contributed by atoms with Crippen LogP contribution in [0.5, 0.6) is 0 Å². The van der Waals surface area contributed by atoms with Gasteiger partial charge in [-0.15, -0.1) is 0 Å². The Bertz CT molecular complexity index is 1600. The maximum absolute atomic E-state index is 13.6. The van der Waals surface area contributed by atoms with Gasteiger partial charge in [-0.05, 0) is 65.2 Å². The van der Waals surface area contributed by atoms with Gasteiger partial charge in [0.15, 0.2) is 0 Å². The Hall–Kier alpha value is -5.14. The first-order valence-corrected chi connectivity index (χ1v) is 13.2. The summed E-state index contributed by atoms with van der Waals surface area (Å²) in [7, 11) is 0. The Labute approximate surface area is 238 Å². The van der Waals surface area contributed by atoms with Gasteiger partial charge in [0, 0.05) is 29.9 Å². The standard InChI is InChI=1S/C34H29FN4O2/c35-26-14-10-11-24(23-26)19-20-31(40)38-28-16-5-4-15-27(28)33(39-30-18-7-9-22-37-30)32(29-17-6-8-21-36-29)34(41)25-12-2-1-3-13-25/h1-23,32-34,41H,(H,37,39)(H,38,40)/b20-19+/t32-,33+,34+/m0/s1. The predicted molar refractivity (Wildman–Crippen MR) is 159 cm³/mol. The highest BCUT2D eigenvalue weighted by molar-refractivity contribution is 6.02. The number of benzene rings is 3. The molecule has 204 valence electrons. The van der Waals surface area contributed by atoms with Crippen LogP contribution in [-0.2, 0) is 4.79 Å². The van der Waals surface area contributed by atoms with E-state index in [1.54, 1.807) is 36.7 Å². The minimum atomic E-state index is -0.941. The molecule has 41 heavy (non-hydrogen) atoms. The van der Waals surface area contributed by atoms with E-state index >= 15 is 0 Å². The third-order valence-electron chi connectivity index (χ3n) is 6.67. The lowest BCUT2D eigenvalue weighted by Crippen LogP contribution is -2.27. The molecule has 0 unspecified atom stereocenters. The first-order chi connectivity index (χ1) is 20.1. The number of aromatic nitrogens is 2. The van der Waals surface area contributed by atoms with Crippen molar-refractivity contribution < 1.29 is 14.3 Å². The van der Waals surface area contributed by atoms with Gasteiger partial charge in [-0.1, -0.05) is 72.8 Å². The molecule has 0 aliphatic carbocycles. The minimum Gasteiger partial charge on any atom is -0.388 e. The van der Waals surface area contributed by atoms with Crippen molar-refractivity contribution in [3.8, 4) is 0 Å². The molecule has 0 aliphatic heterocycles. The maximum Gasteiger partial charge on any atom is 0.248 e. The van der Waals surface area contributed by atoms with E-state index in [-0.39, 0.29) is 11.7 Å². The Balaban J connectivity index is 1.55. The number of hydrogen-bond acceptors (Lipinski definition) is 5. The minimum absolute atomic E-state index is 0.376. The second-order valence-electron chi connectivity index (χ2n) is 9.44. The molecule has 1 amide bonds. The highest BCUT2D eigenvalue weighted by Gasteiger charge is 2.35. The summed E-state index contributed by atoms with van der Waals surface area (Å²) in [4.78, 5) is 22.1. The molecule has 0 radical (unpaired) electrons. The van der Waals surface area contributed by atoms with Crippen molar-refractivity contribution in [3.63, 3.8) is 0 Å². The zero-order valence-electron chi connectivity index (χ0n) is 22.1. The van der Waals surface area contributed by atoms with Gasteiger partial charge in [0.1, 0.15) is 11.6 Å². The van der Waals surface area contributed by atoms with Crippen LogP contribution in [0.4, 0.5) is 15.9 Å². The van der Waals surface area contributed by atoms with E-state index in [1.807, 2.05) is 84.9 Å². The molecular formula is C34H29FN4O2. The number of nitrogens with zero attached hydrogens (tertiary/aromatic N) is 2. The van der Waals surface area contributed by atoms with Crippen LogP contribution < -0.4 is 10.6 Å². The second kappa shape index (κ2) is 13.3. The Morgan fingerprint density at radius 3 is 2.27 bits per heavy atom. The van der Waals surface area contributed by atoms with Gasteiger partial charge >= 0.3 is 0 Å². The van der Waals surface area contributed by atoms with Gasteiger partial charge in [0.25, 0.3) is 0 Å². The molecular weight excluding hydrogens is 515 g/mol. The largest absolute Gasteiger partial charge is 0.388 e. The average molecular weight is 545 g/mol. The Kier molecular flexibility index (Phi) is 8.88. The monoisotopic (exact) mass is 544 g/mol. The van der Waals surface area contributed by atoms with Crippen molar-refractivity contribution in [2.24, 2.45) is 0 Å². The Morgan fingerprint density at radius 2 is 1.54 bits per heavy atom. The van der Waals surface area contributed by atoms with Crippen molar-refractivity contribution in [2.45, 2.75) is 18.1 Å². The number of pyridine rings is 2. The Morgan fingerprint density at radius 1 is 0.805 bits per heavy atom. The molecule has 0 bridgehead atoms. The molecule has 2 heterocycles. The van der Waals surface area contributed by atoms with Crippen LogP contribution in [0.3, 0.4) is 0 Å². The summed E-state index contributed by atoms with van der Waals surface area (Å²) in [5, 5.41) is 18.3. The maximum atomic E-state index is 13.6. The van der Waals surface area contributed by atoms with Gasteiger partial charge in [-0.2, -0.15) is 0 Å². The summed E-state index contributed by atoms with van der Waals surface area (Å²) in [6, 6.07) is 33.4. The molecule has 0 saturated carbocycles. The number of para-hydroxylation sites is 1. The van der Waals surface area contributed by atoms with Crippen molar-refractivity contribution in [1.82, 2.24) is 9.97 Å². The fourth-order valence-corrected chi connectivity index (χ4v) is 4.75. The van der Waals surface area contributed by atoms with E-state index in [9.17, 15) is 14.3 Å². The number of anilines is 2. The van der Waals surface area contributed by atoms with Crippen molar-refractivity contribution in [1.29, 1.82) is 0 Å². The number of aliphatic hydroxyl groups excluding tert-OH is 1. The van der Waals surface area contributed by atoms with E-state index in [1.165, 1.54) is 18.2 Å². The lowest BCUT2D eigenvalue weighted by molar-refractivity contribution is -0.111. The van der Waals surface area contributed by atoms with Gasteiger partial charge in [-0.3, -0.25) is 9.78 Å². The number of hydrogen-bond donors (Lipinski definition) is 3. The quantitative estimate of drug-likeness (QED) is 0.166. The van der Waals surface area contributed by atoms with Crippen LogP contribution >= 0.6 is 0 Å². The summed E-state index contributed by atoms with van der Waals surface area (Å²) < 4.78 is 13.6. The molecule has 3 atom stereocenters. The lowest BCUT2D eigenvalue weighted by atomic mass is 9.82. The van der Waals surface area contributed by atoms with E-state index < -0.39 is 18.1 Å². The van der Waals surface area contributed by atoms with Crippen molar-refractivity contribution in [3.05, 3.63) is 162 Å². The highest BCUT2D eigenvalue weighted by atomic mass is 19.1. The molecule has 3 aromatic carbocycles. The van der Waals surface area contributed by atoms with E-state index in [2.05, 4.69) is 20.6 Å². The zero-order chi connectivity index (χ0) is 28.4.